The van der Waals surface area contributed by atoms with Gasteiger partial charge in [0.15, 0.2) is 11.5 Å². The molecule has 0 spiro atoms. The van der Waals surface area contributed by atoms with E-state index >= 15 is 0 Å². The number of halogens is 3. The maximum Gasteiger partial charge on any atom is 0.490 e. The zero-order chi connectivity index (χ0) is 24.2. The van der Waals surface area contributed by atoms with Gasteiger partial charge in [0.1, 0.15) is 11.6 Å². The van der Waals surface area contributed by atoms with Crippen molar-refractivity contribution in [2.75, 3.05) is 5.32 Å². The van der Waals surface area contributed by atoms with Gasteiger partial charge in [0.2, 0.25) is 0 Å². The molecular formula is C19H17F3N8O3. The van der Waals surface area contributed by atoms with Crippen LogP contribution >= 0.6 is 0 Å². The van der Waals surface area contributed by atoms with Crippen LogP contribution in [0.15, 0.2) is 42.6 Å². The molecule has 0 bridgehead atoms. The van der Waals surface area contributed by atoms with Crippen molar-refractivity contribution < 1.29 is 27.9 Å². The summed E-state index contributed by atoms with van der Waals surface area (Å²) in [4.78, 5) is 25.7. The van der Waals surface area contributed by atoms with Crippen LogP contribution in [-0.4, -0.2) is 52.9 Å². The Bertz CT molecular complexity index is 1280. The SMILES string of the molecule is Cc1nnc2ccc(C(=O)Nc3ccc(-c4n[nH]c(CN)n4)cc3)cn12.O=C(O)C(F)(F)F. The zero-order valence-electron chi connectivity index (χ0n) is 17.0. The summed E-state index contributed by atoms with van der Waals surface area (Å²) in [6.07, 6.45) is -3.36. The Morgan fingerprint density at radius 2 is 1.82 bits per heavy atom. The third kappa shape index (κ3) is 5.68. The molecule has 14 heteroatoms. The molecular weight excluding hydrogens is 445 g/mol. The summed E-state index contributed by atoms with van der Waals surface area (Å²) < 4.78 is 33.5. The minimum absolute atomic E-state index is 0.212. The van der Waals surface area contributed by atoms with E-state index in [0.717, 1.165) is 11.4 Å². The lowest BCUT2D eigenvalue weighted by Gasteiger charge is -2.06. The standard InChI is InChI=1S/C17H16N8O.C2HF3O2/c1-10-21-23-15-7-4-12(9-25(10)15)17(26)19-13-5-2-11(3-6-13)16-20-14(8-18)22-24-16;3-2(4,5)1(6)7/h2-7,9H,8,18H2,1H3,(H,19,26)(H,20,22,24);(H,6,7). The Hall–Kier alpha value is -4.33. The minimum Gasteiger partial charge on any atom is -0.475 e. The first-order chi connectivity index (χ1) is 15.6. The number of aryl methyl sites for hydroxylation is 1. The fourth-order valence-corrected chi connectivity index (χ4v) is 2.56. The van der Waals surface area contributed by atoms with Crippen molar-refractivity contribution in [3.05, 3.63) is 59.8 Å². The Morgan fingerprint density at radius 1 is 1.15 bits per heavy atom. The van der Waals surface area contributed by atoms with Gasteiger partial charge in [-0.2, -0.15) is 18.3 Å². The quantitative estimate of drug-likeness (QED) is 0.358. The van der Waals surface area contributed by atoms with E-state index in [9.17, 15) is 18.0 Å². The molecule has 0 radical (unpaired) electrons. The maximum absolute atomic E-state index is 12.5. The number of nitrogens with two attached hydrogens (primary N) is 1. The lowest BCUT2D eigenvalue weighted by Crippen LogP contribution is -2.21. The van der Waals surface area contributed by atoms with Gasteiger partial charge in [-0.05, 0) is 43.3 Å². The highest BCUT2D eigenvalue weighted by molar-refractivity contribution is 6.04. The van der Waals surface area contributed by atoms with Crippen LogP contribution in [-0.2, 0) is 11.3 Å². The van der Waals surface area contributed by atoms with Gasteiger partial charge in [0.05, 0.1) is 12.1 Å². The molecule has 11 nitrogen and oxygen atoms in total. The van der Waals surface area contributed by atoms with E-state index in [2.05, 4.69) is 30.7 Å². The number of carbonyl (C=O) groups is 2. The van der Waals surface area contributed by atoms with Crippen molar-refractivity contribution >= 4 is 23.2 Å². The number of hydrogen-bond donors (Lipinski definition) is 4. The van der Waals surface area contributed by atoms with Crippen LogP contribution in [0.3, 0.4) is 0 Å². The van der Waals surface area contributed by atoms with E-state index in [-0.39, 0.29) is 5.91 Å². The predicted octanol–water partition coefficient (Wildman–Crippen LogP) is 2.17. The van der Waals surface area contributed by atoms with Crippen LogP contribution in [0.5, 0.6) is 0 Å². The number of alkyl halides is 3. The molecule has 0 aliphatic heterocycles. The molecule has 4 rings (SSSR count). The second-order valence-electron chi connectivity index (χ2n) is 6.54. The van der Waals surface area contributed by atoms with Gasteiger partial charge >= 0.3 is 12.1 Å². The second kappa shape index (κ2) is 9.44. The van der Waals surface area contributed by atoms with E-state index in [1.54, 1.807) is 34.9 Å². The number of aliphatic carboxylic acids is 1. The first-order valence-electron chi connectivity index (χ1n) is 9.23. The Balaban J connectivity index is 0.000000383. The van der Waals surface area contributed by atoms with E-state index in [1.807, 2.05) is 19.1 Å². The number of aromatic nitrogens is 6. The number of amides is 1. The molecule has 1 amide bonds. The molecule has 4 aromatic rings. The number of carbonyl (C=O) groups excluding carboxylic acids is 1. The number of pyridine rings is 1. The van der Waals surface area contributed by atoms with E-state index < -0.39 is 12.1 Å². The van der Waals surface area contributed by atoms with Crippen LogP contribution < -0.4 is 11.1 Å². The van der Waals surface area contributed by atoms with Crippen LogP contribution in [0.1, 0.15) is 22.0 Å². The number of rotatable bonds is 4. The molecule has 0 atom stereocenters. The molecule has 3 heterocycles. The number of nitrogens with zero attached hydrogens (tertiary/aromatic N) is 5. The third-order valence-electron chi connectivity index (χ3n) is 4.20. The van der Waals surface area contributed by atoms with Crippen molar-refractivity contribution in [3.63, 3.8) is 0 Å². The van der Waals surface area contributed by atoms with E-state index in [4.69, 9.17) is 15.6 Å². The molecule has 5 N–H and O–H groups in total. The molecule has 3 aromatic heterocycles. The van der Waals surface area contributed by atoms with Gasteiger partial charge in [-0.3, -0.25) is 14.3 Å². The number of H-pyrrole nitrogens is 1. The molecule has 0 unspecified atom stereocenters. The van der Waals surface area contributed by atoms with Gasteiger partial charge in [0, 0.05) is 17.4 Å². The molecule has 1 aromatic carbocycles. The number of carboxylic acid groups (broad SMARTS) is 1. The van der Waals surface area contributed by atoms with Gasteiger partial charge in [-0.15, -0.1) is 10.2 Å². The third-order valence-corrected chi connectivity index (χ3v) is 4.20. The van der Waals surface area contributed by atoms with Gasteiger partial charge in [-0.25, -0.2) is 9.78 Å². The Kier molecular flexibility index (Phi) is 6.67. The largest absolute Gasteiger partial charge is 0.490 e. The summed E-state index contributed by atoms with van der Waals surface area (Å²) in [5.74, 6) is -1.06. The zero-order valence-corrected chi connectivity index (χ0v) is 17.0. The number of fused-ring (bicyclic) bond motifs is 1. The number of hydrogen-bond acceptors (Lipinski definition) is 7. The topological polar surface area (TPSA) is 164 Å². The second-order valence-corrected chi connectivity index (χ2v) is 6.54. The number of benzene rings is 1. The minimum atomic E-state index is -5.08. The van der Waals surface area contributed by atoms with Crippen molar-refractivity contribution in [3.8, 4) is 11.4 Å². The van der Waals surface area contributed by atoms with Crippen LogP contribution in [0.2, 0.25) is 0 Å². The number of anilines is 1. The monoisotopic (exact) mass is 462 g/mol. The first kappa shape index (κ1) is 23.3. The fourth-order valence-electron chi connectivity index (χ4n) is 2.56. The highest BCUT2D eigenvalue weighted by atomic mass is 19.4. The number of aromatic amines is 1. The van der Waals surface area contributed by atoms with Crippen LogP contribution in [0, 0.1) is 6.92 Å². The van der Waals surface area contributed by atoms with Crippen LogP contribution in [0.4, 0.5) is 18.9 Å². The number of nitrogens with one attached hydrogen (secondary N) is 2. The lowest BCUT2D eigenvalue weighted by molar-refractivity contribution is -0.192. The van der Waals surface area contributed by atoms with Gasteiger partial charge in [-0.1, -0.05) is 0 Å². The summed E-state index contributed by atoms with van der Waals surface area (Å²) in [6, 6.07) is 10.8. The number of carboxylic acids is 1. The van der Waals surface area contributed by atoms with E-state index in [1.165, 1.54) is 0 Å². The predicted molar refractivity (Wildman–Crippen MR) is 109 cm³/mol. The van der Waals surface area contributed by atoms with Crippen molar-refractivity contribution in [1.82, 2.24) is 29.8 Å². The summed E-state index contributed by atoms with van der Waals surface area (Å²) >= 11 is 0. The highest BCUT2D eigenvalue weighted by Gasteiger charge is 2.38. The average Bonchev–Trinajstić information content (AvgIpc) is 3.41. The molecule has 0 saturated carbocycles. The van der Waals surface area contributed by atoms with Crippen molar-refractivity contribution in [2.45, 2.75) is 19.6 Å². The first-order valence-corrected chi connectivity index (χ1v) is 9.23. The molecule has 0 fully saturated rings. The summed E-state index contributed by atoms with van der Waals surface area (Å²) in [5.41, 5.74) is 8.25. The smallest absolute Gasteiger partial charge is 0.475 e. The Labute approximate surface area is 183 Å². The summed E-state index contributed by atoms with van der Waals surface area (Å²) in [5, 5.41) is 24.9. The lowest BCUT2D eigenvalue weighted by atomic mass is 10.2. The van der Waals surface area contributed by atoms with Crippen molar-refractivity contribution in [1.29, 1.82) is 0 Å². The Morgan fingerprint density at radius 3 is 2.39 bits per heavy atom. The molecule has 0 aliphatic carbocycles. The summed E-state index contributed by atoms with van der Waals surface area (Å²) in [7, 11) is 0. The van der Waals surface area contributed by atoms with Crippen molar-refractivity contribution in [2.24, 2.45) is 5.73 Å². The van der Waals surface area contributed by atoms with Gasteiger partial charge in [0.25, 0.3) is 5.91 Å². The normalized spacial score (nSPS) is 11.1. The fraction of sp³-hybridized carbons (Fsp3) is 0.158. The summed E-state index contributed by atoms with van der Waals surface area (Å²) in [6.45, 7) is 2.14. The average molecular weight is 462 g/mol. The van der Waals surface area contributed by atoms with E-state index in [0.29, 0.717) is 35.1 Å². The molecule has 0 saturated heterocycles. The maximum atomic E-state index is 12.5. The molecule has 33 heavy (non-hydrogen) atoms. The molecule has 172 valence electrons. The van der Waals surface area contributed by atoms with Gasteiger partial charge < -0.3 is 16.2 Å². The highest BCUT2D eigenvalue weighted by Crippen LogP contribution is 2.19. The van der Waals surface area contributed by atoms with Crippen LogP contribution in [0.25, 0.3) is 17.0 Å². The molecule has 0 aliphatic rings.